The largest absolute Gasteiger partial charge is 0.298 e. The molecule has 1 aromatic heterocycles. The molecule has 2 nitrogen and oxygen atoms in total. The van der Waals surface area contributed by atoms with Gasteiger partial charge in [0.15, 0.2) is 0 Å². The van der Waals surface area contributed by atoms with E-state index in [0.717, 1.165) is 6.54 Å². The molecule has 0 saturated carbocycles. The van der Waals surface area contributed by atoms with E-state index in [1.807, 2.05) is 19.4 Å². The van der Waals surface area contributed by atoms with E-state index in [1.54, 1.807) is 11.3 Å². The number of hydrogen-bond acceptors (Lipinski definition) is 3. The number of likely N-dealkylation sites (tertiary alicyclic amines) is 1. The average molecular weight is 254 g/mol. The maximum absolute atomic E-state index is 4.30. The minimum Gasteiger partial charge on any atom is -0.298 e. The maximum atomic E-state index is 4.30. The van der Waals surface area contributed by atoms with Gasteiger partial charge in [0.25, 0.3) is 0 Å². The molecule has 0 amide bonds. The van der Waals surface area contributed by atoms with Crippen LogP contribution >= 0.6 is 11.3 Å². The second kappa shape index (κ2) is 6.50. The van der Waals surface area contributed by atoms with Crippen LogP contribution in [0.5, 0.6) is 0 Å². The molecule has 1 aliphatic heterocycles. The molecule has 0 bridgehead atoms. The first-order chi connectivity index (χ1) is 8.07. The smallest absolute Gasteiger partial charge is 0.0798 e. The highest BCUT2D eigenvalue weighted by molar-refractivity contribution is 7.09. The van der Waals surface area contributed by atoms with E-state index in [0.29, 0.717) is 5.41 Å². The van der Waals surface area contributed by atoms with Crippen molar-refractivity contribution in [3.05, 3.63) is 16.1 Å². The van der Waals surface area contributed by atoms with E-state index < -0.39 is 0 Å². The summed E-state index contributed by atoms with van der Waals surface area (Å²) in [4.78, 5) is 8.30. The van der Waals surface area contributed by atoms with Crippen LogP contribution in [-0.4, -0.2) is 23.0 Å². The van der Waals surface area contributed by atoms with Gasteiger partial charge in [0.05, 0.1) is 11.2 Å². The summed E-state index contributed by atoms with van der Waals surface area (Å²) in [5.41, 5.74) is 3.72. The van der Waals surface area contributed by atoms with Gasteiger partial charge in [-0.15, -0.1) is 11.3 Å². The van der Waals surface area contributed by atoms with E-state index in [9.17, 15) is 0 Å². The summed E-state index contributed by atoms with van der Waals surface area (Å²) in [6.45, 7) is 14.4. The molecular weight excluding hydrogens is 228 g/mol. The standard InChI is InChI=1S/C12H20N2S.C2H6/c1-10-11(15-9-13-10)8-14-6-4-12(2,3)5-7-14;1-2/h9H,4-8H2,1-3H3;1-2H3. The fourth-order valence-corrected chi connectivity index (χ4v) is 2.82. The number of rotatable bonds is 2. The molecule has 17 heavy (non-hydrogen) atoms. The van der Waals surface area contributed by atoms with Crippen molar-refractivity contribution in [1.29, 1.82) is 0 Å². The highest BCUT2D eigenvalue weighted by Gasteiger charge is 2.25. The third-order valence-corrected chi connectivity index (χ3v) is 4.34. The zero-order valence-electron chi connectivity index (χ0n) is 11.9. The number of aromatic nitrogens is 1. The Bertz CT molecular complexity index is 321. The maximum Gasteiger partial charge on any atom is 0.0798 e. The van der Waals surface area contributed by atoms with Crippen molar-refractivity contribution in [2.24, 2.45) is 5.41 Å². The first kappa shape index (κ1) is 14.7. The lowest BCUT2D eigenvalue weighted by molar-refractivity contribution is 0.128. The van der Waals surface area contributed by atoms with Crippen LogP contribution in [-0.2, 0) is 6.54 Å². The van der Waals surface area contributed by atoms with Gasteiger partial charge in [0.1, 0.15) is 0 Å². The minimum absolute atomic E-state index is 0.555. The lowest BCUT2D eigenvalue weighted by Gasteiger charge is -2.36. The van der Waals surface area contributed by atoms with Gasteiger partial charge in [-0.1, -0.05) is 27.7 Å². The van der Waals surface area contributed by atoms with E-state index in [-0.39, 0.29) is 0 Å². The molecule has 0 atom stereocenters. The summed E-state index contributed by atoms with van der Waals surface area (Å²) in [6.07, 6.45) is 2.65. The summed E-state index contributed by atoms with van der Waals surface area (Å²) in [5, 5.41) is 0. The van der Waals surface area contributed by atoms with Gasteiger partial charge in [-0.25, -0.2) is 4.98 Å². The van der Waals surface area contributed by atoms with E-state index in [1.165, 1.54) is 36.5 Å². The second-order valence-electron chi connectivity index (χ2n) is 5.30. The Morgan fingerprint density at radius 3 is 2.35 bits per heavy atom. The van der Waals surface area contributed by atoms with Gasteiger partial charge < -0.3 is 0 Å². The Labute approximate surface area is 110 Å². The summed E-state index contributed by atoms with van der Waals surface area (Å²) in [5.74, 6) is 0. The highest BCUT2D eigenvalue weighted by atomic mass is 32.1. The predicted octanol–water partition coefficient (Wildman–Crippen LogP) is 4.10. The zero-order chi connectivity index (χ0) is 12.9. The molecule has 0 unspecified atom stereocenters. The molecule has 3 heteroatoms. The fourth-order valence-electron chi connectivity index (χ4n) is 2.00. The lowest BCUT2D eigenvalue weighted by Crippen LogP contribution is -2.36. The molecule has 1 aliphatic rings. The minimum atomic E-state index is 0.555. The summed E-state index contributed by atoms with van der Waals surface area (Å²) in [7, 11) is 0. The Morgan fingerprint density at radius 2 is 1.88 bits per heavy atom. The van der Waals surface area contributed by atoms with Gasteiger partial charge in [-0.3, -0.25) is 4.90 Å². The van der Waals surface area contributed by atoms with Crippen LogP contribution in [0.25, 0.3) is 0 Å². The topological polar surface area (TPSA) is 16.1 Å². The first-order valence-corrected chi connectivity index (χ1v) is 7.56. The average Bonchev–Trinajstić information content (AvgIpc) is 2.70. The summed E-state index contributed by atoms with van der Waals surface area (Å²) < 4.78 is 0. The number of hydrogen-bond donors (Lipinski definition) is 0. The molecule has 0 aromatic carbocycles. The molecule has 98 valence electrons. The molecule has 0 N–H and O–H groups in total. The second-order valence-corrected chi connectivity index (χ2v) is 6.24. The third kappa shape index (κ3) is 4.40. The van der Waals surface area contributed by atoms with Crippen LogP contribution in [0.2, 0.25) is 0 Å². The molecule has 1 aromatic rings. The molecule has 0 aliphatic carbocycles. The van der Waals surface area contributed by atoms with Crippen molar-refractivity contribution in [2.75, 3.05) is 13.1 Å². The normalized spacial score (nSPS) is 19.6. The van der Waals surface area contributed by atoms with Crippen molar-refractivity contribution in [2.45, 2.75) is 54.0 Å². The van der Waals surface area contributed by atoms with E-state index in [2.05, 4.69) is 30.7 Å². The highest BCUT2D eigenvalue weighted by Crippen LogP contribution is 2.30. The molecule has 1 fully saturated rings. The zero-order valence-corrected chi connectivity index (χ0v) is 12.7. The van der Waals surface area contributed by atoms with Crippen LogP contribution in [0.3, 0.4) is 0 Å². The molecule has 0 spiro atoms. The van der Waals surface area contributed by atoms with E-state index in [4.69, 9.17) is 0 Å². The van der Waals surface area contributed by atoms with Crippen molar-refractivity contribution in [3.8, 4) is 0 Å². The Hall–Kier alpha value is -0.410. The van der Waals surface area contributed by atoms with Crippen molar-refractivity contribution in [1.82, 2.24) is 9.88 Å². The fraction of sp³-hybridized carbons (Fsp3) is 0.786. The van der Waals surface area contributed by atoms with Gasteiger partial charge in [0, 0.05) is 11.4 Å². The SMILES string of the molecule is CC.Cc1ncsc1CN1CCC(C)(C)CC1. The van der Waals surface area contributed by atoms with Gasteiger partial charge in [-0.05, 0) is 38.3 Å². The third-order valence-electron chi connectivity index (χ3n) is 3.42. The van der Waals surface area contributed by atoms with Crippen LogP contribution in [0.4, 0.5) is 0 Å². The number of thiazole rings is 1. The van der Waals surface area contributed by atoms with Gasteiger partial charge in [-0.2, -0.15) is 0 Å². The van der Waals surface area contributed by atoms with Crippen molar-refractivity contribution < 1.29 is 0 Å². The number of piperidine rings is 1. The van der Waals surface area contributed by atoms with Crippen molar-refractivity contribution in [3.63, 3.8) is 0 Å². The molecule has 2 heterocycles. The summed E-state index contributed by atoms with van der Waals surface area (Å²) >= 11 is 1.79. The molecule has 1 saturated heterocycles. The first-order valence-electron chi connectivity index (χ1n) is 6.68. The van der Waals surface area contributed by atoms with Crippen LogP contribution in [0.1, 0.15) is 51.1 Å². The van der Waals surface area contributed by atoms with Crippen LogP contribution in [0.15, 0.2) is 5.51 Å². The Balaban J connectivity index is 0.000000686. The van der Waals surface area contributed by atoms with Gasteiger partial charge >= 0.3 is 0 Å². The van der Waals surface area contributed by atoms with Gasteiger partial charge in [0.2, 0.25) is 0 Å². The van der Waals surface area contributed by atoms with Crippen LogP contribution < -0.4 is 0 Å². The Morgan fingerprint density at radius 1 is 1.29 bits per heavy atom. The molecule has 0 radical (unpaired) electrons. The molecule has 2 rings (SSSR count). The van der Waals surface area contributed by atoms with E-state index >= 15 is 0 Å². The number of nitrogens with zero attached hydrogens (tertiary/aromatic N) is 2. The lowest BCUT2D eigenvalue weighted by atomic mass is 9.83. The predicted molar refractivity (Wildman–Crippen MR) is 76.5 cm³/mol. The quantitative estimate of drug-likeness (QED) is 0.790. The van der Waals surface area contributed by atoms with Crippen LogP contribution in [0, 0.1) is 12.3 Å². The Kier molecular flexibility index (Phi) is 5.60. The van der Waals surface area contributed by atoms with Crippen molar-refractivity contribution >= 4 is 11.3 Å². The monoisotopic (exact) mass is 254 g/mol. The summed E-state index contributed by atoms with van der Waals surface area (Å²) in [6, 6.07) is 0. The molecular formula is C14H26N2S. The number of aryl methyl sites for hydroxylation is 1.